The highest BCUT2D eigenvalue weighted by Crippen LogP contribution is 2.28. The SMILES string of the molecule is CCCCN(CC(=O)N(CCc1ccc(OC)c(OC)c1)Cc1cccs1)C(=O)Nc1ccccc1CC. The molecule has 0 atom stereocenters. The molecule has 0 fully saturated rings. The molecule has 0 spiro atoms. The number of para-hydroxylation sites is 1. The van der Waals surface area contributed by atoms with Crippen LogP contribution in [0, 0.1) is 0 Å². The second kappa shape index (κ2) is 15.0. The maximum Gasteiger partial charge on any atom is 0.322 e. The van der Waals surface area contributed by atoms with Crippen LogP contribution in [0.4, 0.5) is 10.5 Å². The van der Waals surface area contributed by atoms with Crippen LogP contribution in [0.15, 0.2) is 60.0 Å². The van der Waals surface area contributed by atoms with Crippen molar-refractivity contribution in [1.29, 1.82) is 0 Å². The van der Waals surface area contributed by atoms with Gasteiger partial charge < -0.3 is 24.6 Å². The van der Waals surface area contributed by atoms with Crippen molar-refractivity contribution in [2.45, 2.75) is 46.1 Å². The monoisotopic (exact) mass is 537 g/mol. The summed E-state index contributed by atoms with van der Waals surface area (Å²) in [6.07, 6.45) is 3.23. The first-order chi connectivity index (χ1) is 18.5. The Kier molecular flexibility index (Phi) is 11.5. The smallest absolute Gasteiger partial charge is 0.322 e. The summed E-state index contributed by atoms with van der Waals surface area (Å²) in [5.41, 5.74) is 2.90. The van der Waals surface area contributed by atoms with E-state index in [1.165, 1.54) is 0 Å². The van der Waals surface area contributed by atoms with E-state index in [0.717, 1.165) is 41.0 Å². The van der Waals surface area contributed by atoms with E-state index in [2.05, 4.69) is 19.2 Å². The lowest BCUT2D eigenvalue weighted by molar-refractivity contribution is -0.132. The Balaban J connectivity index is 1.75. The standard InChI is InChI=1S/C30H39N3O4S/c1-5-7-17-33(30(35)31-26-13-9-8-11-24(26)6-2)22-29(34)32(21-25-12-10-19-38-25)18-16-23-14-15-27(36-3)28(20-23)37-4/h8-15,19-20H,5-7,16-18,21-22H2,1-4H3,(H,31,35). The number of thiophene rings is 1. The van der Waals surface area contributed by atoms with Crippen LogP contribution in [0.2, 0.25) is 0 Å². The lowest BCUT2D eigenvalue weighted by Gasteiger charge is -2.28. The molecule has 0 aliphatic carbocycles. The molecule has 0 radical (unpaired) electrons. The first-order valence-corrected chi connectivity index (χ1v) is 14.0. The van der Waals surface area contributed by atoms with E-state index in [0.29, 0.717) is 37.6 Å². The number of anilines is 1. The summed E-state index contributed by atoms with van der Waals surface area (Å²) in [4.78, 5) is 31.5. The summed E-state index contributed by atoms with van der Waals surface area (Å²) in [6.45, 7) is 5.71. The van der Waals surface area contributed by atoms with Crippen molar-refractivity contribution >= 4 is 29.0 Å². The quantitative estimate of drug-likeness (QED) is 0.265. The summed E-state index contributed by atoms with van der Waals surface area (Å²) >= 11 is 1.62. The van der Waals surface area contributed by atoms with Crippen molar-refractivity contribution < 1.29 is 19.1 Å². The number of rotatable bonds is 14. The van der Waals surface area contributed by atoms with Crippen LogP contribution in [0.3, 0.4) is 0 Å². The van der Waals surface area contributed by atoms with E-state index in [1.54, 1.807) is 30.5 Å². The zero-order valence-electron chi connectivity index (χ0n) is 22.9. The molecular weight excluding hydrogens is 498 g/mol. The van der Waals surface area contributed by atoms with Gasteiger partial charge in [0.2, 0.25) is 5.91 Å². The van der Waals surface area contributed by atoms with E-state index in [4.69, 9.17) is 9.47 Å². The molecule has 0 saturated heterocycles. The number of nitrogens with one attached hydrogen (secondary N) is 1. The van der Waals surface area contributed by atoms with Crippen LogP contribution >= 0.6 is 11.3 Å². The van der Waals surface area contributed by atoms with Gasteiger partial charge in [0.15, 0.2) is 11.5 Å². The van der Waals surface area contributed by atoms with E-state index in [1.807, 2.05) is 64.9 Å². The number of amides is 3. The maximum absolute atomic E-state index is 13.6. The number of benzene rings is 2. The number of carbonyl (C=O) groups excluding carboxylic acids is 2. The molecule has 0 saturated carbocycles. The van der Waals surface area contributed by atoms with E-state index < -0.39 is 0 Å². The number of ether oxygens (including phenoxy) is 2. The van der Waals surface area contributed by atoms with Crippen LogP contribution in [-0.2, 0) is 24.2 Å². The lowest BCUT2D eigenvalue weighted by Crippen LogP contribution is -2.45. The fourth-order valence-electron chi connectivity index (χ4n) is 4.19. The van der Waals surface area contributed by atoms with Crippen molar-refractivity contribution in [3.63, 3.8) is 0 Å². The molecular formula is C30H39N3O4S. The number of urea groups is 1. The molecule has 1 N–H and O–H groups in total. The van der Waals surface area contributed by atoms with Crippen molar-refractivity contribution in [1.82, 2.24) is 9.80 Å². The van der Waals surface area contributed by atoms with Crippen LogP contribution in [0.5, 0.6) is 11.5 Å². The summed E-state index contributed by atoms with van der Waals surface area (Å²) in [7, 11) is 3.23. The Morgan fingerprint density at radius 2 is 1.71 bits per heavy atom. The zero-order valence-corrected chi connectivity index (χ0v) is 23.7. The zero-order chi connectivity index (χ0) is 27.3. The largest absolute Gasteiger partial charge is 0.493 e. The highest BCUT2D eigenvalue weighted by atomic mass is 32.1. The van der Waals surface area contributed by atoms with Gasteiger partial charge in [-0.15, -0.1) is 11.3 Å². The lowest BCUT2D eigenvalue weighted by atomic mass is 10.1. The Morgan fingerprint density at radius 3 is 2.39 bits per heavy atom. The van der Waals surface area contributed by atoms with Crippen LogP contribution < -0.4 is 14.8 Å². The Morgan fingerprint density at radius 1 is 0.921 bits per heavy atom. The summed E-state index contributed by atoms with van der Waals surface area (Å²) < 4.78 is 10.8. The number of hydrogen-bond acceptors (Lipinski definition) is 5. The normalized spacial score (nSPS) is 10.6. The Labute approximate surface area is 230 Å². The molecule has 1 heterocycles. The number of hydrogen-bond donors (Lipinski definition) is 1. The number of nitrogens with zero attached hydrogens (tertiary/aromatic N) is 2. The van der Waals surface area contributed by atoms with Gasteiger partial charge in [-0.3, -0.25) is 4.79 Å². The van der Waals surface area contributed by atoms with Gasteiger partial charge in [0, 0.05) is 23.7 Å². The molecule has 1 aromatic heterocycles. The van der Waals surface area contributed by atoms with Crippen molar-refractivity contribution in [3.8, 4) is 11.5 Å². The highest BCUT2D eigenvalue weighted by molar-refractivity contribution is 7.09. The van der Waals surface area contributed by atoms with Gasteiger partial charge in [0.05, 0.1) is 20.8 Å². The average molecular weight is 538 g/mol. The molecule has 3 amide bonds. The van der Waals surface area contributed by atoms with Crippen molar-refractivity contribution in [2.75, 3.05) is 39.2 Å². The summed E-state index contributed by atoms with van der Waals surface area (Å²) in [5.74, 6) is 1.26. The number of unbranched alkanes of at least 4 members (excludes halogenated alkanes) is 1. The summed E-state index contributed by atoms with van der Waals surface area (Å²) in [5, 5.41) is 5.05. The average Bonchev–Trinajstić information content (AvgIpc) is 3.46. The van der Waals surface area contributed by atoms with Gasteiger partial charge in [-0.05, 0) is 60.0 Å². The molecule has 0 bridgehead atoms. The Hall–Kier alpha value is -3.52. The van der Waals surface area contributed by atoms with Gasteiger partial charge in [-0.1, -0.05) is 50.6 Å². The fraction of sp³-hybridized carbons (Fsp3) is 0.400. The molecule has 8 heteroatoms. The minimum absolute atomic E-state index is 0.0252. The predicted octanol–water partition coefficient (Wildman–Crippen LogP) is 6.23. The summed E-state index contributed by atoms with van der Waals surface area (Å²) in [6, 6.07) is 17.4. The minimum Gasteiger partial charge on any atom is -0.493 e. The van der Waals surface area contributed by atoms with Gasteiger partial charge in [0.1, 0.15) is 6.54 Å². The van der Waals surface area contributed by atoms with Crippen LogP contribution in [0.1, 0.15) is 42.7 Å². The molecule has 7 nitrogen and oxygen atoms in total. The molecule has 38 heavy (non-hydrogen) atoms. The number of aryl methyl sites for hydroxylation is 1. The molecule has 0 aliphatic heterocycles. The molecule has 2 aromatic carbocycles. The topological polar surface area (TPSA) is 71.1 Å². The molecule has 0 aliphatic rings. The number of methoxy groups -OCH3 is 2. The highest BCUT2D eigenvalue weighted by Gasteiger charge is 2.22. The maximum atomic E-state index is 13.6. The first-order valence-electron chi connectivity index (χ1n) is 13.1. The van der Waals surface area contributed by atoms with Crippen molar-refractivity contribution in [3.05, 3.63) is 76.0 Å². The molecule has 204 valence electrons. The third-order valence-corrected chi connectivity index (χ3v) is 7.29. The predicted molar refractivity (Wildman–Crippen MR) is 154 cm³/mol. The Bertz CT molecular complexity index is 1170. The van der Waals surface area contributed by atoms with Gasteiger partial charge in [0.25, 0.3) is 0 Å². The van der Waals surface area contributed by atoms with Crippen LogP contribution in [0.25, 0.3) is 0 Å². The molecule has 3 rings (SSSR count). The van der Waals surface area contributed by atoms with Crippen LogP contribution in [-0.4, -0.2) is 55.6 Å². The van der Waals surface area contributed by atoms with Gasteiger partial charge in [-0.2, -0.15) is 0 Å². The second-order valence-corrected chi connectivity index (χ2v) is 10.1. The number of carbonyl (C=O) groups is 2. The van der Waals surface area contributed by atoms with E-state index >= 15 is 0 Å². The van der Waals surface area contributed by atoms with E-state index in [9.17, 15) is 9.59 Å². The van der Waals surface area contributed by atoms with Gasteiger partial charge in [-0.25, -0.2) is 4.79 Å². The molecule has 0 unspecified atom stereocenters. The van der Waals surface area contributed by atoms with E-state index in [-0.39, 0.29) is 18.5 Å². The second-order valence-electron chi connectivity index (χ2n) is 9.05. The fourth-order valence-corrected chi connectivity index (χ4v) is 4.91. The van der Waals surface area contributed by atoms with Crippen molar-refractivity contribution in [2.24, 2.45) is 0 Å². The van der Waals surface area contributed by atoms with Gasteiger partial charge >= 0.3 is 6.03 Å². The minimum atomic E-state index is -0.247. The molecule has 3 aromatic rings. The first kappa shape index (κ1) is 29.0. The third kappa shape index (κ3) is 8.25. The third-order valence-electron chi connectivity index (χ3n) is 6.43.